The highest BCUT2D eigenvalue weighted by molar-refractivity contribution is 5.31. The lowest BCUT2D eigenvalue weighted by molar-refractivity contribution is 0.237. The highest BCUT2D eigenvalue weighted by Gasteiger charge is 2.34. The van der Waals surface area contributed by atoms with E-state index in [0.29, 0.717) is 6.04 Å². The van der Waals surface area contributed by atoms with Crippen LogP contribution in [0.1, 0.15) is 37.4 Å². The van der Waals surface area contributed by atoms with E-state index in [-0.39, 0.29) is 0 Å². The monoisotopic (exact) mass is 246 g/mol. The Morgan fingerprint density at radius 3 is 2.72 bits per heavy atom. The molecule has 1 fully saturated rings. The number of rotatable bonds is 5. The van der Waals surface area contributed by atoms with E-state index >= 15 is 0 Å². The van der Waals surface area contributed by atoms with Gasteiger partial charge >= 0.3 is 0 Å². The van der Waals surface area contributed by atoms with Crippen molar-refractivity contribution in [1.29, 1.82) is 0 Å². The van der Waals surface area contributed by atoms with Crippen LogP contribution >= 0.6 is 0 Å². The molecule has 0 amide bonds. The van der Waals surface area contributed by atoms with E-state index in [0.717, 1.165) is 25.4 Å². The van der Waals surface area contributed by atoms with Gasteiger partial charge < -0.3 is 5.32 Å². The Kier molecular flexibility index (Phi) is 4.79. The molecule has 2 nitrogen and oxygen atoms in total. The summed E-state index contributed by atoms with van der Waals surface area (Å²) < 4.78 is 0. The molecule has 1 heterocycles. The molecule has 1 N–H and O–H groups in total. The summed E-state index contributed by atoms with van der Waals surface area (Å²) in [5.74, 6) is 0.752. The van der Waals surface area contributed by atoms with Gasteiger partial charge in [0.2, 0.25) is 0 Å². The average Bonchev–Trinajstić information content (AvgIpc) is 2.82. The van der Waals surface area contributed by atoms with Crippen LogP contribution in [0.15, 0.2) is 24.3 Å². The van der Waals surface area contributed by atoms with E-state index in [1.807, 2.05) is 0 Å². The standard InChI is InChI=1S/C16H26N2/c1-4-13-8-6-7-9-15(13)16-14(12-17-3)10-11-18(16)5-2/h6-9,14,16-17H,4-5,10-12H2,1-3H3. The molecule has 1 aliphatic heterocycles. The summed E-state index contributed by atoms with van der Waals surface area (Å²) in [4.78, 5) is 2.64. The Hall–Kier alpha value is -0.860. The van der Waals surface area contributed by atoms with Crippen LogP contribution in [-0.2, 0) is 6.42 Å². The number of benzene rings is 1. The fraction of sp³-hybridized carbons (Fsp3) is 0.625. The SMILES string of the molecule is CCc1ccccc1C1C(CNC)CCN1CC. The van der Waals surface area contributed by atoms with Crippen LogP contribution in [0, 0.1) is 5.92 Å². The Morgan fingerprint density at radius 1 is 1.28 bits per heavy atom. The predicted molar refractivity (Wildman–Crippen MR) is 77.8 cm³/mol. The number of nitrogens with one attached hydrogen (secondary N) is 1. The summed E-state index contributed by atoms with van der Waals surface area (Å²) in [7, 11) is 2.07. The Morgan fingerprint density at radius 2 is 2.06 bits per heavy atom. The summed E-state index contributed by atoms with van der Waals surface area (Å²) in [6, 6.07) is 9.59. The van der Waals surface area contributed by atoms with Gasteiger partial charge in [0.1, 0.15) is 0 Å². The zero-order valence-corrected chi connectivity index (χ0v) is 11.9. The third kappa shape index (κ3) is 2.60. The number of hydrogen-bond acceptors (Lipinski definition) is 2. The first kappa shape index (κ1) is 13.6. The van der Waals surface area contributed by atoms with Gasteiger partial charge in [-0.25, -0.2) is 0 Å². The Bertz CT molecular complexity index is 375. The quantitative estimate of drug-likeness (QED) is 0.859. The zero-order chi connectivity index (χ0) is 13.0. The minimum Gasteiger partial charge on any atom is -0.319 e. The van der Waals surface area contributed by atoms with Crippen molar-refractivity contribution in [1.82, 2.24) is 10.2 Å². The molecule has 0 saturated carbocycles. The van der Waals surface area contributed by atoms with E-state index in [9.17, 15) is 0 Å². The van der Waals surface area contributed by atoms with Crippen molar-refractivity contribution in [3.63, 3.8) is 0 Å². The fourth-order valence-electron chi connectivity index (χ4n) is 3.35. The van der Waals surface area contributed by atoms with Crippen LogP contribution in [0.3, 0.4) is 0 Å². The van der Waals surface area contributed by atoms with Crippen LogP contribution in [0.25, 0.3) is 0 Å². The molecular weight excluding hydrogens is 220 g/mol. The molecule has 1 saturated heterocycles. The van der Waals surface area contributed by atoms with E-state index in [1.165, 1.54) is 18.5 Å². The van der Waals surface area contributed by atoms with E-state index in [1.54, 1.807) is 5.56 Å². The molecule has 1 aromatic rings. The maximum absolute atomic E-state index is 3.36. The molecule has 0 aliphatic carbocycles. The molecule has 0 aromatic heterocycles. The van der Waals surface area contributed by atoms with Gasteiger partial charge in [0.05, 0.1) is 0 Å². The molecule has 2 atom stereocenters. The van der Waals surface area contributed by atoms with Gasteiger partial charge in [0.25, 0.3) is 0 Å². The first-order valence-electron chi connectivity index (χ1n) is 7.28. The molecule has 2 heteroatoms. The van der Waals surface area contributed by atoms with Crippen molar-refractivity contribution in [3.05, 3.63) is 35.4 Å². The van der Waals surface area contributed by atoms with E-state index in [4.69, 9.17) is 0 Å². The lowest BCUT2D eigenvalue weighted by atomic mass is 9.89. The van der Waals surface area contributed by atoms with Crippen LogP contribution in [0.2, 0.25) is 0 Å². The summed E-state index contributed by atoms with van der Waals surface area (Å²) in [6.07, 6.45) is 2.45. The second-order valence-electron chi connectivity index (χ2n) is 5.23. The molecular formula is C16H26N2. The van der Waals surface area contributed by atoms with Gasteiger partial charge in [0.15, 0.2) is 0 Å². The second-order valence-corrected chi connectivity index (χ2v) is 5.23. The van der Waals surface area contributed by atoms with Crippen molar-refractivity contribution >= 4 is 0 Å². The average molecular weight is 246 g/mol. The van der Waals surface area contributed by atoms with Crippen LogP contribution in [-0.4, -0.2) is 31.6 Å². The van der Waals surface area contributed by atoms with Gasteiger partial charge in [0, 0.05) is 6.04 Å². The molecule has 18 heavy (non-hydrogen) atoms. The largest absolute Gasteiger partial charge is 0.319 e. The molecule has 2 unspecified atom stereocenters. The predicted octanol–water partition coefficient (Wildman–Crippen LogP) is 2.85. The van der Waals surface area contributed by atoms with Crippen molar-refractivity contribution in [2.75, 3.05) is 26.7 Å². The summed E-state index contributed by atoms with van der Waals surface area (Å²) in [5, 5.41) is 3.36. The molecule has 0 bridgehead atoms. The number of likely N-dealkylation sites (tertiary alicyclic amines) is 1. The zero-order valence-electron chi connectivity index (χ0n) is 11.9. The molecule has 2 rings (SSSR count). The summed E-state index contributed by atoms with van der Waals surface area (Å²) >= 11 is 0. The third-order valence-corrected chi connectivity index (χ3v) is 4.25. The summed E-state index contributed by atoms with van der Waals surface area (Å²) in [6.45, 7) is 8.06. The van der Waals surface area contributed by atoms with Gasteiger partial charge in [-0.05, 0) is 56.6 Å². The number of hydrogen-bond donors (Lipinski definition) is 1. The number of nitrogens with zero attached hydrogens (tertiary/aromatic N) is 1. The van der Waals surface area contributed by atoms with Crippen LogP contribution in [0.4, 0.5) is 0 Å². The first-order valence-corrected chi connectivity index (χ1v) is 7.28. The molecule has 1 aliphatic rings. The maximum atomic E-state index is 3.36. The number of aryl methyl sites for hydroxylation is 1. The van der Waals surface area contributed by atoms with Gasteiger partial charge in [-0.3, -0.25) is 4.90 Å². The Labute approximate surface area is 111 Å². The van der Waals surface area contributed by atoms with Crippen molar-refractivity contribution in [3.8, 4) is 0 Å². The fourth-order valence-corrected chi connectivity index (χ4v) is 3.35. The van der Waals surface area contributed by atoms with Gasteiger partial charge in [-0.2, -0.15) is 0 Å². The minimum atomic E-state index is 0.610. The third-order valence-electron chi connectivity index (χ3n) is 4.25. The second kappa shape index (κ2) is 6.35. The Balaban J connectivity index is 2.31. The van der Waals surface area contributed by atoms with Crippen molar-refractivity contribution < 1.29 is 0 Å². The molecule has 100 valence electrons. The minimum absolute atomic E-state index is 0.610. The topological polar surface area (TPSA) is 15.3 Å². The smallest absolute Gasteiger partial charge is 0.0391 e. The van der Waals surface area contributed by atoms with Crippen molar-refractivity contribution in [2.45, 2.75) is 32.7 Å². The van der Waals surface area contributed by atoms with E-state index in [2.05, 4.69) is 55.4 Å². The normalized spacial score (nSPS) is 24.6. The van der Waals surface area contributed by atoms with Crippen LogP contribution in [0.5, 0.6) is 0 Å². The molecule has 0 radical (unpaired) electrons. The van der Waals surface area contributed by atoms with Gasteiger partial charge in [-0.1, -0.05) is 38.1 Å². The lowest BCUT2D eigenvalue weighted by Crippen LogP contribution is -2.29. The summed E-state index contributed by atoms with van der Waals surface area (Å²) in [5.41, 5.74) is 3.07. The highest BCUT2D eigenvalue weighted by atomic mass is 15.2. The lowest BCUT2D eigenvalue weighted by Gasteiger charge is -2.29. The van der Waals surface area contributed by atoms with Crippen molar-refractivity contribution in [2.24, 2.45) is 5.92 Å². The first-order chi connectivity index (χ1) is 8.81. The molecule has 1 aromatic carbocycles. The van der Waals surface area contributed by atoms with Gasteiger partial charge in [-0.15, -0.1) is 0 Å². The maximum Gasteiger partial charge on any atom is 0.0391 e. The van der Waals surface area contributed by atoms with E-state index < -0.39 is 0 Å². The van der Waals surface area contributed by atoms with Crippen LogP contribution < -0.4 is 5.32 Å². The molecule has 0 spiro atoms. The highest BCUT2D eigenvalue weighted by Crippen LogP contribution is 2.38.